The minimum atomic E-state index is -3.65. The average Bonchev–Trinajstić information content (AvgIpc) is 2.77. The summed E-state index contributed by atoms with van der Waals surface area (Å²) in [5.41, 5.74) is 0.837. The average molecular weight is 477 g/mol. The minimum Gasteiger partial charge on any atom is -0.486 e. The van der Waals surface area contributed by atoms with Gasteiger partial charge in [-0.3, -0.25) is 4.79 Å². The Morgan fingerprint density at radius 1 is 1.03 bits per heavy atom. The Hall–Kier alpha value is -2.49. The molecule has 7 nitrogen and oxygen atoms in total. The molecule has 0 bridgehead atoms. The molecule has 0 radical (unpaired) electrons. The number of ether oxygens (including phenoxy) is 2. The number of halogens is 1. The van der Waals surface area contributed by atoms with Gasteiger partial charge < -0.3 is 14.8 Å². The van der Waals surface area contributed by atoms with Gasteiger partial charge in [-0.1, -0.05) is 12.1 Å². The molecule has 1 saturated carbocycles. The Balaban J connectivity index is 1.25. The minimum absolute atomic E-state index is 0.0247. The fraction of sp³-hybridized carbons (Fsp3) is 0.458. The smallest absolute Gasteiger partial charge is 0.240 e. The van der Waals surface area contributed by atoms with E-state index in [4.69, 9.17) is 9.47 Å². The number of rotatable bonds is 8. The quantitative estimate of drug-likeness (QED) is 0.610. The van der Waals surface area contributed by atoms with Crippen molar-refractivity contribution in [3.8, 4) is 5.75 Å². The summed E-state index contributed by atoms with van der Waals surface area (Å²) in [4.78, 5) is 12.8. The van der Waals surface area contributed by atoms with Crippen LogP contribution in [-0.2, 0) is 19.6 Å². The molecule has 2 aromatic rings. The molecule has 0 unspecified atom stereocenters. The Labute approximate surface area is 193 Å². The second-order valence-corrected chi connectivity index (χ2v) is 10.4. The first kappa shape index (κ1) is 23.7. The first-order valence-electron chi connectivity index (χ1n) is 11.2. The highest BCUT2D eigenvalue weighted by Gasteiger charge is 2.30. The van der Waals surface area contributed by atoms with Crippen molar-refractivity contribution in [2.75, 3.05) is 13.2 Å². The Morgan fingerprint density at radius 3 is 2.24 bits per heavy atom. The third kappa shape index (κ3) is 6.10. The predicted octanol–water partition coefficient (Wildman–Crippen LogP) is 3.32. The Kier molecular flexibility index (Phi) is 7.31. The van der Waals surface area contributed by atoms with Crippen LogP contribution in [0.2, 0.25) is 0 Å². The van der Waals surface area contributed by atoms with Crippen LogP contribution in [0.25, 0.3) is 0 Å². The van der Waals surface area contributed by atoms with E-state index < -0.39 is 10.0 Å². The van der Waals surface area contributed by atoms with Gasteiger partial charge in [-0.25, -0.2) is 17.5 Å². The molecule has 2 aliphatic rings. The van der Waals surface area contributed by atoms with E-state index >= 15 is 0 Å². The predicted molar refractivity (Wildman–Crippen MR) is 121 cm³/mol. The lowest BCUT2D eigenvalue weighted by Gasteiger charge is -2.29. The number of nitrogens with one attached hydrogen (secondary N) is 2. The van der Waals surface area contributed by atoms with Gasteiger partial charge in [0, 0.05) is 12.0 Å². The van der Waals surface area contributed by atoms with Crippen LogP contribution in [0.1, 0.15) is 44.2 Å². The van der Waals surface area contributed by atoms with Crippen LogP contribution in [0.15, 0.2) is 53.4 Å². The van der Waals surface area contributed by atoms with Crippen LogP contribution >= 0.6 is 0 Å². The maximum Gasteiger partial charge on any atom is 0.240 e. The van der Waals surface area contributed by atoms with Crippen molar-refractivity contribution in [1.82, 2.24) is 10.0 Å². The van der Waals surface area contributed by atoms with E-state index in [1.54, 1.807) is 24.3 Å². The van der Waals surface area contributed by atoms with E-state index in [-0.39, 0.29) is 40.7 Å². The molecule has 1 aliphatic carbocycles. The summed E-state index contributed by atoms with van der Waals surface area (Å²) in [6.07, 6.45) is 2.41. The van der Waals surface area contributed by atoms with Gasteiger partial charge in [0.2, 0.25) is 15.9 Å². The summed E-state index contributed by atoms with van der Waals surface area (Å²) >= 11 is 0. The molecular weight excluding hydrogens is 447 g/mol. The summed E-state index contributed by atoms with van der Waals surface area (Å²) in [6, 6.07) is 12.0. The van der Waals surface area contributed by atoms with E-state index in [0.717, 1.165) is 5.56 Å². The largest absolute Gasteiger partial charge is 0.486 e. The molecule has 0 aromatic heterocycles. The van der Waals surface area contributed by atoms with Crippen molar-refractivity contribution in [2.45, 2.75) is 55.7 Å². The van der Waals surface area contributed by atoms with Crippen LogP contribution < -0.4 is 14.8 Å². The van der Waals surface area contributed by atoms with Crippen LogP contribution in [0.4, 0.5) is 4.39 Å². The van der Waals surface area contributed by atoms with E-state index in [0.29, 0.717) is 44.6 Å². The van der Waals surface area contributed by atoms with Crippen LogP contribution in [-0.4, -0.2) is 39.7 Å². The molecule has 33 heavy (non-hydrogen) atoms. The van der Waals surface area contributed by atoms with E-state index in [2.05, 4.69) is 10.0 Å². The zero-order valence-corrected chi connectivity index (χ0v) is 19.3. The summed E-state index contributed by atoms with van der Waals surface area (Å²) in [7, 11) is -3.65. The lowest BCUT2D eigenvalue weighted by atomic mass is 9.85. The van der Waals surface area contributed by atoms with Gasteiger partial charge in [-0.2, -0.15) is 0 Å². The molecule has 2 N–H and O–H groups in total. The van der Waals surface area contributed by atoms with Crippen molar-refractivity contribution in [3.05, 3.63) is 59.9 Å². The normalized spacial score (nSPS) is 22.2. The number of amides is 1. The SMILES string of the molecule is C[C@@H](NC(=O)[C@H]1CC[C@H](NS(=O)(=O)c2ccc(OC3COC3)cc2)CC1)c1ccc(F)cc1. The molecule has 1 amide bonds. The van der Waals surface area contributed by atoms with Crippen molar-refractivity contribution in [3.63, 3.8) is 0 Å². The zero-order valence-electron chi connectivity index (χ0n) is 18.5. The van der Waals surface area contributed by atoms with Crippen molar-refractivity contribution < 1.29 is 27.1 Å². The van der Waals surface area contributed by atoms with Crippen LogP contribution in [0, 0.1) is 11.7 Å². The lowest BCUT2D eigenvalue weighted by Crippen LogP contribution is -2.41. The van der Waals surface area contributed by atoms with Gasteiger partial charge in [-0.15, -0.1) is 0 Å². The second-order valence-electron chi connectivity index (χ2n) is 8.70. The molecule has 2 aromatic carbocycles. The maximum atomic E-state index is 13.1. The molecular formula is C24H29FN2O5S. The zero-order chi connectivity index (χ0) is 23.4. The summed E-state index contributed by atoms with van der Waals surface area (Å²) in [6.45, 7) is 2.96. The van der Waals surface area contributed by atoms with Crippen molar-refractivity contribution in [1.29, 1.82) is 0 Å². The Morgan fingerprint density at radius 2 is 1.67 bits per heavy atom. The number of hydrogen-bond donors (Lipinski definition) is 2. The molecule has 4 rings (SSSR count). The number of carbonyl (C=O) groups is 1. The molecule has 2 fully saturated rings. The van der Waals surface area contributed by atoms with Crippen LogP contribution in [0.5, 0.6) is 5.75 Å². The monoisotopic (exact) mass is 476 g/mol. The van der Waals surface area contributed by atoms with E-state index in [1.165, 1.54) is 24.3 Å². The van der Waals surface area contributed by atoms with Crippen molar-refractivity contribution >= 4 is 15.9 Å². The summed E-state index contributed by atoms with van der Waals surface area (Å²) in [5, 5.41) is 2.98. The van der Waals surface area contributed by atoms with Gasteiger partial charge in [0.1, 0.15) is 17.7 Å². The first-order valence-corrected chi connectivity index (χ1v) is 12.7. The van der Waals surface area contributed by atoms with Crippen LogP contribution in [0.3, 0.4) is 0 Å². The van der Waals surface area contributed by atoms with Crippen molar-refractivity contribution in [2.24, 2.45) is 5.92 Å². The molecule has 9 heteroatoms. The highest BCUT2D eigenvalue weighted by molar-refractivity contribution is 7.89. The lowest BCUT2D eigenvalue weighted by molar-refractivity contribution is -0.126. The van der Waals surface area contributed by atoms with Gasteiger partial charge in [0.05, 0.1) is 24.2 Å². The number of sulfonamides is 1. The summed E-state index contributed by atoms with van der Waals surface area (Å²) in [5.74, 6) is 0.0795. The topological polar surface area (TPSA) is 93.7 Å². The first-order chi connectivity index (χ1) is 15.8. The Bertz CT molecular complexity index is 1050. The van der Waals surface area contributed by atoms with Gasteiger partial charge in [0.25, 0.3) is 0 Å². The van der Waals surface area contributed by atoms with Gasteiger partial charge >= 0.3 is 0 Å². The van der Waals surface area contributed by atoms with Gasteiger partial charge in [0.15, 0.2) is 0 Å². The number of carbonyl (C=O) groups excluding carboxylic acids is 1. The molecule has 1 saturated heterocycles. The van der Waals surface area contributed by atoms with E-state index in [9.17, 15) is 17.6 Å². The fourth-order valence-corrected chi connectivity index (χ4v) is 5.40. The standard InChI is InChI=1S/C24H29FN2O5S/c1-16(17-2-6-19(25)7-3-17)26-24(28)18-4-8-20(9-5-18)27-33(29,30)23-12-10-21(11-13-23)32-22-14-31-15-22/h2-3,6-7,10-13,16,18,20,22,27H,4-5,8-9,14-15H2,1H3,(H,26,28)/t16-,18-,20-/m1/s1. The molecule has 1 atom stereocenters. The third-order valence-corrected chi connectivity index (χ3v) is 7.73. The molecule has 0 spiro atoms. The summed E-state index contributed by atoms with van der Waals surface area (Å²) < 4.78 is 52.1. The molecule has 1 heterocycles. The maximum absolute atomic E-state index is 13.1. The van der Waals surface area contributed by atoms with Gasteiger partial charge in [-0.05, 0) is 74.6 Å². The number of benzene rings is 2. The highest BCUT2D eigenvalue weighted by atomic mass is 32.2. The van der Waals surface area contributed by atoms with E-state index in [1.807, 2.05) is 6.92 Å². The second kappa shape index (κ2) is 10.2. The fourth-order valence-electron chi connectivity index (χ4n) is 4.10. The molecule has 1 aliphatic heterocycles. The highest BCUT2D eigenvalue weighted by Crippen LogP contribution is 2.27. The third-order valence-electron chi connectivity index (χ3n) is 6.19. The molecule has 178 valence electrons. The number of hydrogen-bond acceptors (Lipinski definition) is 5.